The highest BCUT2D eigenvalue weighted by Crippen LogP contribution is 2.38. The number of hydrogen-bond acceptors (Lipinski definition) is 4. The Morgan fingerprint density at radius 1 is 1.24 bits per heavy atom. The Bertz CT molecular complexity index is 890. The standard InChI is InChI=1S/C15H11ClN2O3/c16-13-10(9-4-2-1-3-8(9)6-19)5-11(20)14-12(13)15(21)18-7-17-14/h1-5,7,19-20H,6H2,(H,17,18,21). The van der Waals surface area contributed by atoms with Crippen molar-refractivity contribution in [2.75, 3.05) is 0 Å². The summed E-state index contributed by atoms with van der Waals surface area (Å²) < 4.78 is 0. The van der Waals surface area contributed by atoms with E-state index in [0.29, 0.717) is 16.7 Å². The van der Waals surface area contributed by atoms with Crippen LogP contribution < -0.4 is 5.56 Å². The molecule has 1 aromatic heterocycles. The van der Waals surface area contributed by atoms with Crippen LogP contribution in [0.2, 0.25) is 5.02 Å². The van der Waals surface area contributed by atoms with Gasteiger partial charge in [-0.15, -0.1) is 0 Å². The first-order valence-electron chi connectivity index (χ1n) is 6.21. The Balaban J connectivity index is 2.42. The Labute approximate surface area is 124 Å². The first kappa shape index (κ1) is 13.6. The second-order valence-electron chi connectivity index (χ2n) is 4.53. The molecule has 106 valence electrons. The summed E-state index contributed by atoms with van der Waals surface area (Å²) in [6, 6.07) is 8.55. The van der Waals surface area contributed by atoms with E-state index in [2.05, 4.69) is 9.97 Å². The molecule has 0 radical (unpaired) electrons. The van der Waals surface area contributed by atoms with E-state index in [1.807, 2.05) is 0 Å². The van der Waals surface area contributed by atoms with Crippen LogP contribution in [0, 0.1) is 0 Å². The third kappa shape index (κ3) is 2.16. The van der Waals surface area contributed by atoms with E-state index in [4.69, 9.17) is 11.6 Å². The van der Waals surface area contributed by atoms with Crippen molar-refractivity contribution in [3.05, 3.63) is 57.6 Å². The van der Waals surface area contributed by atoms with Crippen LogP contribution in [0.3, 0.4) is 0 Å². The lowest BCUT2D eigenvalue weighted by Crippen LogP contribution is -2.07. The molecule has 2 aromatic carbocycles. The first-order valence-corrected chi connectivity index (χ1v) is 6.59. The van der Waals surface area contributed by atoms with Gasteiger partial charge in [0.05, 0.1) is 23.3 Å². The quantitative estimate of drug-likeness (QED) is 0.678. The zero-order valence-electron chi connectivity index (χ0n) is 10.8. The maximum Gasteiger partial charge on any atom is 0.260 e. The fourth-order valence-electron chi connectivity index (χ4n) is 2.32. The van der Waals surface area contributed by atoms with Gasteiger partial charge >= 0.3 is 0 Å². The molecule has 3 aromatic rings. The number of phenolic OH excluding ortho intramolecular Hbond substituents is 1. The number of fused-ring (bicyclic) bond motifs is 1. The summed E-state index contributed by atoms with van der Waals surface area (Å²) in [5.41, 5.74) is 1.51. The maximum atomic E-state index is 11.9. The van der Waals surface area contributed by atoms with Crippen molar-refractivity contribution in [2.24, 2.45) is 0 Å². The van der Waals surface area contributed by atoms with E-state index < -0.39 is 5.56 Å². The Kier molecular flexibility index (Phi) is 3.37. The van der Waals surface area contributed by atoms with E-state index in [1.165, 1.54) is 12.4 Å². The second-order valence-corrected chi connectivity index (χ2v) is 4.91. The molecule has 1 heterocycles. The van der Waals surface area contributed by atoms with E-state index >= 15 is 0 Å². The van der Waals surface area contributed by atoms with E-state index in [1.54, 1.807) is 24.3 Å². The molecule has 0 saturated carbocycles. The number of rotatable bonds is 2. The fraction of sp³-hybridized carbons (Fsp3) is 0.0667. The number of aromatic amines is 1. The van der Waals surface area contributed by atoms with Crippen molar-refractivity contribution in [2.45, 2.75) is 6.61 Å². The molecule has 5 nitrogen and oxygen atoms in total. The predicted molar refractivity (Wildman–Crippen MR) is 80.4 cm³/mol. The number of nitrogens with one attached hydrogen (secondary N) is 1. The van der Waals surface area contributed by atoms with Gasteiger partial charge in [-0.25, -0.2) is 4.98 Å². The van der Waals surface area contributed by atoms with Crippen LogP contribution in [0.15, 0.2) is 41.5 Å². The van der Waals surface area contributed by atoms with E-state index in [-0.39, 0.29) is 28.3 Å². The Morgan fingerprint density at radius 2 is 2.00 bits per heavy atom. The number of H-pyrrole nitrogens is 1. The van der Waals surface area contributed by atoms with Gasteiger partial charge in [0.1, 0.15) is 11.3 Å². The number of halogens is 1. The van der Waals surface area contributed by atoms with Gasteiger partial charge in [-0.2, -0.15) is 0 Å². The van der Waals surface area contributed by atoms with Gasteiger partial charge in [-0.05, 0) is 17.2 Å². The topological polar surface area (TPSA) is 86.2 Å². The molecule has 21 heavy (non-hydrogen) atoms. The highest BCUT2D eigenvalue weighted by atomic mass is 35.5. The van der Waals surface area contributed by atoms with Gasteiger partial charge in [-0.1, -0.05) is 35.9 Å². The van der Waals surface area contributed by atoms with Crippen molar-refractivity contribution in [3.8, 4) is 16.9 Å². The number of nitrogens with zero attached hydrogens (tertiary/aromatic N) is 1. The third-order valence-electron chi connectivity index (χ3n) is 3.31. The lowest BCUT2D eigenvalue weighted by Gasteiger charge is -2.11. The predicted octanol–water partition coefficient (Wildman–Crippen LogP) is 2.44. The van der Waals surface area contributed by atoms with Crippen LogP contribution in [-0.4, -0.2) is 20.2 Å². The molecule has 6 heteroatoms. The number of phenols is 1. The molecule has 0 spiro atoms. The zero-order valence-corrected chi connectivity index (χ0v) is 11.6. The van der Waals surface area contributed by atoms with Crippen molar-refractivity contribution in [3.63, 3.8) is 0 Å². The zero-order chi connectivity index (χ0) is 15.0. The Hall–Kier alpha value is -2.37. The summed E-state index contributed by atoms with van der Waals surface area (Å²) >= 11 is 6.33. The summed E-state index contributed by atoms with van der Waals surface area (Å²) in [4.78, 5) is 18.3. The number of hydrogen-bond donors (Lipinski definition) is 3. The molecule has 0 aliphatic carbocycles. The first-order chi connectivity index (χ1) is 10.1. The molecule has 0 unspecified atom stereocenters. The molecular weight excluding hydrogens is 292 g/mol. The summed E-state index contributed by atoms with van der Waals surface area (Å²) in [5, 5.41) is 19.8. The summed E-state index contributed by atoms with van der Waals surface area (Å²) in [5.74, 6) is -0.136. The molecule has 0 fully saturated rings. The van der Waals surface area contributed by atoms with Gasteiger partial charge in [0.15, 0.2) is 0 Å². The summed E-state index contributed by atoms with van der Waals surface area (Å²) in [6.45, 7) is -0.172. The molecule has 0 atom stereocenters. The summed E-state index contributed by atoms with van der Waals surface area (Å²) in [6.07, 6.45) is 1.21. The fourth-order valence-corrected chi connectivity index (χ4v) is 2.65. The van der Waals surface area contributed by atoms with Crippen LogP contribution in [0.25, 0.3) is 22.0 Å². The molecule has 0 saturated heterocycles. The van der Waals surface area contributed by atoms with Crippen molar-refractivity contribution >= 4 is 22.5 Å². The van der Waals surface area contributed by atoms with Crippen molar-refractivity contribution < 1.29 is 10.2 Å². The second kappa shape index (κ2) is 5.20. The number of aliphatic hydroxyl groups excluding tert-OH is 1. The number of aromatic hydroxyl groups is 1. The van der Waals surface area contributed by atoms with Gasteiger partial charge in [0.2, 0.25) is 0 Å². The number of aromatic nitrogens is 2. The molecule has 3 rings (SSSR count). The molecule has 0 aliphatic heterocycles. The lowest BCUT2D eigenvalue weighted by molar-refractivity contribution is 0.282. The molecule has 3 N–H and O–H groups in total. The highest BCUT2D eigenvalue weighted by Gasteiger charge is 2.17. The normalized spacial score (nSPS) is 11.0. The molecule has 0 bridgehead atoms. The highest BCUT2D eigenvalue weighted by molar-refractivity contribution is 6.38. The van der Waals surface area contributed by atoms with Crippen LogP contribution in [-0.2, 0) is 6.61 Å². The minimum Gasteiger partial charge on any atom is -0.506 e. The summed E-state index contributed by atoms with van der Waals surface area (Å²) in [7, 11) is 0. The molecule has 0 amide bonds. The minimum atomic E-state index is -0.427. The monoisotopic (exact) mass is 302 g/mol. The van der Waals surface area contributed by atoms with Crippen molar-refractivity contribution in [1.29, 1.82) is 0 Å². The van der Waals surface area contributed by atoms with Crippen LogP contribution in [0.4, 0.5) is 0 Å². The Morgan fingerprint density at radius 3 is 2.76 bits per heavy atom. The van der Waals surface area contributed by atoms with E-state index in [9.17, 15) is 15.0 Å². The average Bonchev–Trinajstić information content (AvgIpc) is 2.50. The van der Waals surface area contributed by atoms with Gasteiger partial charge in [-0.3, -0.25) is 4.79 Å². The number of aliphatic hydroxyl groups is 1. The van der Waals surface area contributed by atoms with Gasteiger partial charge in [0.25, 0.3) is 5.56 Å². The van der Waals surface area contributed by atoms with Gasteiger partial charge < -0.3 is 15.2 Å². The average molecular weight is 303 g/mol. The van der Waals surface area contributed by atoms with Crippen molar-refractivity contribution in [1.82, 2.24) is 9.97 Å². The molecular formula is C15H11ClN2O3. The van der Waals surface area contributed by atoms with Crippen LogP contribution in [0.1, 0.15) is 5.56 Å². The third-order valence-corrected chi connectivity index (χ3v) is 3.70. The number of benzene rings is 2. The minimum absolute atomic E-state index is 0.127. The lowest BCUT2D eigenvalue weighted by atomic mass is 9.98. The van der Waals surface area contributed by atoms with Gasteiger partial charge in [0, 0.05) is 5.56 Å². The molecule has 0 aliphatic rings. The largest absolute Gasteiger partial charge is 0.506 e. The maximum absolute atomic E-state index is 11.9. The SMILES string of the molecule is O=c1[nH]cnc2c(O)cc(-c3ccccc3CO)c(Cl)c12. The van der Waals surface area contributed by atoms with E-state index in [0.717, 1.165) is 0 Å². The smallest absolute Gasteiger partial charge is 0.260 e. The van der Waals surface area contributed by atoms with Crippen LogP contribution in [0.5, 0.6) is 5.75 Å². The van der Waals surface area contributed by atoms with Crippen LogP contribution >= 0.6 is 11.6 Å².